The molecule has 1 aliphatic heterocycles. The summed E-state index contributed by atoms with van der Waals surface area (Å²) in [7, 11) is 5.86. The Labute approximate surface area is 202 Å². The lowest BCUT2D eigenvalue weighted by molar-refractivity contribution is 0.239. The Bertz CT molecular complexity index is 912. The van der Waals surface area contributed by atoms with Crippen molar-refractivity contribution >= 4 is 29.2 Å². The molecule has 2 aromatic rings. The van der Waals surface area contributed by atoms with Gasteiger partial charge in [0.25, 0.3) is 0 Å². The molecule has 9 heteroatoms. The van der Waals surface area contributed by atoms with Crippen LogP contribution in [0.15, 0.2) is 18.2 Å². The number of likely N-dealkylation sites (tertiary alicyclic amines) is 1. The van der Waals surface area contributed by atoms with Crippen molar-refractivity contribution in [2.24, 2.45) is 0 Å². The zero-order chi connectivity index (χ0) is 23.2. The maximum absolute atomic E-state index is 6.35. The lowest BCUT2D eigenvalue weighted by Crippen LogP contribution is -2.49. The third-order valence-corrected chi connectivity index (χ3v) is 7.09. The van der Waals surface area contributed by atoms with Gasteiger partial charge in [-0.05, 0) is 58.0 Å². The van der Waals surface area contributed by atoms with E-state index in [1.165, 1.54) is 38.5 Å². The van der Waals surface area contributed by atoms with Crippen LogP contribution in [0.5, 0.6) is 11.8 Å². The van der Waals surface area contributed by atoms with E-state index in [9.17, 15) is 0 Å². The fourth-order valence-electron chi connectivity index (χ4n) is 4.92. The van der Waals surface area contributed by atoms with Gasteiger partial charge in [0.15, 0.2) is 0 Å². The molecular weight excluding hydrogens is 438 g/mol. The van der Waals surface area contributed by atoms with Crippen LogP contribution in [0.2, 0.25) is 5.02 Å². The van der Waals surface area contributed by atoms with Crippen LogP contribution in [0.4, 0.5) is 17.6 Å². The molecule has 2 N–H and O–H groups in total. The number of piperidine rings is 1. The molecule has 4 rings (SSSR count). The number of halogens is 1. The summed E-state index contributed by atoms with van der Waals surface area (Å²) in [5, 5.41) is 6.74. The number of ether oxygens (including phenoxy) is 1. The van der Waals surface area contributed by atoms with Crippen molar-refractivity contribution in [2.75, 3.05) is 49.8 Å². The SMILES string of the molecule is CNc1nc(Oc2ccc(NC)c(Cl)c2)nc(N(C2CCCCCC2)C2CCN(C)CC2)n1. The van der Waals surface area contributed by atoms with Crippen LogP contribution < -0.4 is 20.3 Å². The summed E-state index contributed by atoms with van der Waals surface area (Å²) in [6.45, 7) is 2.19. The molecule has 1 saturated heterocycles. The fraction of sp³-hybridized carbons (Fsp3) is 0.625. The number of hydrogen-bond acceptors (Lipinski definition) is 8. The van der Waals surface area contributed by atoms with Gasteiger partial charge in [-0.15, -0.1) is 0 Å². The summed E-state index contributed by atoms with van der Waals surface area (Å²) in [5.74, 6) is 1.82. The molecule has 180 valence electrons. The van der Waals surface area contributed by atoms with Crippen LogP contribution in [0.25, 0.3) is 0 Å². The zero-order valence-corrected chi connectivity index (χ0v) is 20.7. The van der Waals surface area contributed by atoms with Crippen molar-refractivity contribution in [3.63, 3.8) is 0 Å². The van der Waals surface area contributed by atoms with Gasteiger partial charge in [0, 0.05) is 32.2 Å². The van der Waals surface area contributed by atoms with Gasteiger partial charge in [-0.2, -0.15) is 15.0 Å². The Balaban J connectivity index is 1.66. The Kier molecular flexibility index (Phi) is 8.09. The smallest absolute Gasteiger partial charge is 0.328 e. The molecule has 1 aromatic carbocycles. The van der Waals surface area contributed by atoms with Crippen molar-refractivity contribution in [1.29, 1.82) is 0 Å². The van der Waals surface area contributed by atoms with Gasteiger partial charge in [0.1, 0.15) is 5.75 Å². The lowest BCUT2D eigenvalue weighted by Gasteiger charge is -2.41. The second kappa shape index (κ2) is 11.2. The van der Waals surface area contributed by atoms with Gasteiger partial charge in [-0.25, -0.2) is 0 Å². The predicted octanol–water partition coefficient (Wildman–Crippen LogP) is 5.02. The van der Waals surface area contributed by atoms with Gasteiger partial charge < -0.3 is 25.2 Å². The predicted molar refractivity (Wildman–Crippen MR) is 135 cm³/mol. The van der Waals surface area contributed by atoms with Gasteiger partial charge in [0.05, 0.1) is 10.7 Å². The lowest BCUT2D eigenvalue weighted by atomic mass is 9.98. The normalized spacial score (nSPS) is 18.5. The average molecular weight is 474 g/mol. The number of hydrogen-bond donors (Lipinski definition) is 2. The second-order valence-electron chi connectivity index (χ2n) is 9.07. The van der Waals surface area contributed by atoms with E-state index in [1.807, 2.05) is 26.2 Å². The van der Waals surface area contributed by atoms with Crippen LogP contribution >= 0.6 is 11.6 Å². The highest BCUT2D eigenvalue weighted by Gasteiger charge is 2.32. The van der Waals surface area contributed by atoms with Crippen molar-refractivity contribution in [3.8, 4) is 11.8 Å². The summed E-state index contributed by atoms with van der Waals surface area (Å²) < 4.78 is 6.06. The molecule has 1 aliphatic carbocycles. The van der Waals surface area contributed by atoms with Crippen molar-refractivity contribution in [1.82, 2.24) is 19.9 Å². The van der Waals surface area contributed by atoms with Gasteiger partial charge in [-0.1, -0.05) is 37.3 Å². The highest BCUT2D eigenvalue weighted by Crippen LogP contribution is 2.33. The first-order valence-electron chi connectivity index (χ1n) is 12.1. The third kappa shape index (κ3) is 5.98. The maximum Gasteiger partial charge on any atom is 0.328 e. The molecule has 0 unspecified atom stereocenters. The molecule has 1 aromatic heterocycles. The molecule has 0 radical (unpaired) electrons. The van der Waals surface area contributed by atoms with E-state index in [2.05, 4.69) is 32.5 Å². The molecule has 2 aliphatic rings. The molecule has 0 atom stereocenters. The summed E-state index contributed by atoms with van der Waals surface area (Å²) in [5.41, 5.74) is 0.845. The molecule has 33 heavy (non-hydrogen) atoms. The molecule has 0 amide bonds. The Morgan fingerprint density at radius 3 is 2.27 bits per heavy atom. The van der Waals surface area contributed by atoms with E-state index in [0.717, 1.165) is 31.6 Å². The first-order valence-corrected chi connectivity index (χ1v) is 12.5. The maximum atomic E-state index is 6.35. The van der Waals surface area contributed by atoms with Crippen LogP contribution in [0.3, 0.4) is 0 Å². The zero-order valence-electron chi connectivity index (χ0n) is 20.0. The van der Waals surface area contributed by atoms with Gasteiger partial charge >= 0.3 is 6.01 Å². The molecule has 1 saturated carbocycles. The van der Waals surface area contributed by atoms with Crippen molar-refractivity contribution in [2.45, 2.75) is 63.5 Å². The highest BCUT2D eigenvalue weighted by atomic mass is 35.5. The first kappa shape index (κ1) is 23.8. The molecule has 0 spiro atoms. The van der Waals surface area contributed by atoms with Crippen LogP contribution in [0, 0.1) is 0 Å². The quantitative estimate of drug-likeness (QED) is 0.542. The van der Waals surface area contributed by atoms with Crippen LogP contribution in [0.1, 0.15) is 51.4 Å². The standard InChI is InChI=1S/C24H36ClN7O/c1-26-21-11-10-19(16-20(21)25)33-24-29-22(27-2)28-23(30-24)32(17-8-6-4-5-7-9-17)18-12-14-31(3)15-13-18/h10-11,16-18,26H,4-9,12-15H2,1-3H3,(H,27,28,29,30). The van der Waals surface area contributed by atoms with Gasteiger partial charge in [0.2, 0.25) is 11.9 Å². The average Bonchev–Trinajstić information content (AvgIpc) is 3.10. The van der Waals surface area contributed by atoms with Crippen molar-refractivity contribution < 1.29 is 4.74 Å². The minimum atomic E-state index is 0.282. The van der Waals surface area contributed by atoms with E-state index in [4.69, 9.17) is 26.3 Å². The minimum absolute atomic E-state index is 0.282. The highest BCUT2D eigenvalue weighted by molar-refractivity contribution is 6.33. The number of anilines is 3. The molecule has 8 nitrogen and oxygen atoms in total. The number of rotatable bonds is 7. The molecular formula is C24H36ClN7O. The van der Waals surface area contributed by atoms with Crippen LogP contribution in [-0.4, -0.2) is 66.2 Å². The molecule has 0 bridgehead atoms. The Morgan fingerprint density at radius 2 is 1.64 bits per heavy atom. The van der Waals surface area contributed by atoms with E-state index < -0.39 is 0 Å². The number of nitrogens with one attached hydrogen (secondary N) is 2. The van der Waals surface area contributed by atoms with E-state index in [0.29, 0.717) is 34.8 Å². The monoisotopic (exact) mass is 473 g/mol. The number of benzene rings is 1. The number of nitrogens with zero attached hydrogens (tertiary/aromatic N) is 5. The Morgan fingerprint density at radius 1 is 0.939 bits per heavy atom. The van der Waals surface area contributed by atoms with E-state index in [-0.39, 0.29) is 6.01 Å². The summed E-state index contributed by atoms with van der Waals surface area (Å²) in [6.07, 6.45) is 9.75. The van der Waals surface area contributed by atoms with Gasteiger partial charge in [-0.3, -0.25) is 0 Å². The summed E-state index contributed by atoms with van der Waals surface area (Å²) >= 11 is 6.35. The fourth-order valence-corrected chi connectivity index (χ4v) is 5.19. The molecule has 2 fully saturated rings. The van der Waals surface area contributed by atoms with Crippen molar-refractivity contribution in [3.05, 3.63) is 23.2 Å². The second-order valence-corrected chi connectivity index (χ2v) is 9.48. The summed E-state index contributed by atoms with van der Waals surface area (Å²) in [4.78, 5) is 19.0. The van der Waals surface area contributed by atoms with E-state index >= 15 is 0 Å². The largest absolute Gasteiger partial charge is 0.424 e. The minimum Gasteiger partial charge on any atom is -0.424 e. The Hall–Kier alpha value is -2.32. The van der Waals surface area contributed by atoms with E-state index in [1.54, 1.807) is 6.07 Å². The molecule has 2 heterocycles. The third-order valence-electron chi connectivity index (χ3n) is 6.78. The first-order chi connectivity index (χ1) is 16.1. The summed E-state index contributed by atoms with van der Waals surface area (Å²) in [6, 6.07) is 6.67. The topological polar surface area (TPSA) is 78.4 Å². The number of aromatic nitrogens is 3. The van der Waals surface area contributed by atoms with Crippen LogP contribution in [-0.2, 0) is 0 Å².